The van der Waals surface area contributed by atoms with Gasteiger partial charge in [-0.15, -0.1) is 0 Å². The third-order valence-corrected chi connectivity index (χ3v) is 4.38. The molecule has 21 heavy (non-hydrogen) atoms. The van der Waals surface area contributed by atoms with Crippen LogP contribution in [0.25, 0.3) is 0 Å². The van der Waals surface area contributed by atoms with Crippen LogP contribution in [0, 0.1) is 0 Å². The van der Waals surface area contributed by atoms with Crippen molar-refractivity contribution in [3.05, 3.63) is 30.3 Å². The zero-order chi connectivity index (χ0) is 14.5. The first-order chi connectivity index (χ1) is 10.3. The molecule has 1 aromatic rings. The summed E-state index contributed by atoms with van der Waals surface area (Å²) in [6.45, 7) is 1.84. The Labute approximate surface area is 126 Å². The Morgan fingerprint density at radius 3 is 2.90 bits per heavy atom. The Morgan fingerprint density at radius 2 is 2.05 bits per heavy atom. The van der Waals surface area contributed by atoms with Gasteiger partial charge in [-0.1, -0.05) is 31.0 Å². The molecule has 0 unspecified atom stereocenters. The van der Waals surface area contributed by atoms with Gasteiger partial charge in [-0.05, 0) is 25.0 Å². The Balaban J connectivity index is 1.50. The molecule has 1 aromatic carbocycles. The minimum atomic E-state index is 0.200. The summed E-state index contributed by atoms with van der Waals surface area (Å²) < 4.78 is 11.4. The van der Waals surface area contributed by atoms with E-state index in [4.69, 9.17) is 9.47 Å². The molecule has 0 spiro atoms. The molecule has 114 valence electrons. The van der Waals surface area contributed by atoms with Crippen molar-refractivity contribution in [1.82, 2.24) is 4.90 Å². The van der Waals surface area contributed by atoms with Gasteiger partial charge in [-0.3, -0.25) is 4.79 Å². The maximum Gasteiger partial charge on any atom is 0.226 e. The van der Waals surface area contributed by atoms with Crippen LogP contribution in [-0.2, 0) is 9.53 Å². The lowest BCUT2D eigenvalue weighted by atomic mass is 9.90. The summed E-state index contributed by atoms with van der Waals surface area (Å²) in [6, 6.07) is 9.94. The topological polar surface area (TPSA) is 38.8 Å². The molecule has 2 atom stereocenters. The maximum absolute atomic E-state index is 12.4. The van der Waals surface area contributed by atoms with Crippen molar-refractivity contribution in [1.29, 1.82) is 0 Å². The van der Waals surface area contributed by atoms with Gasteiger partial charge in [0.2, 0.25) is 5.91 Å². The Bertz CT molecular complexity index is 460. The summed E-state index contributed by atoms with van der Waals surface area (Å²) in [5, 5.41) is 0. The van der Waals surface area contributed by atoms with E-state index in [1.807, 2.05) is 35.2 Å². The van der Waals surface area contributed by atoms with Crippen LogP contribution in [0.4, 0.5) is 0 Å². The summed E-state index contributed by atoms with van der Waals surface area (Å²) in [5.41, 5.74) is 0. The summed E-state index contributed by atoms with van der Waals surface area (Å²) in [5.74, 6) is 1.02. The minimum absolute atomic E-state index is 0.200. The van der Waals surface area contributed by atoms with Crippen molar-refractivity contribution in [3.63, 3.8) is 0 Å². The van der Waals surface area contributed by atoms with Gasteiger partial charge in [-0.2, -0.15) is 0 Å². The molecule has 2 fully saturated rings. The van der Waals surface area contributed by atoms with Crippen molar-refractivity contribution < 1.29 is 14.3 Å². The first kappa shape index (κ1) is 14.4. The van der Waals surface area contributed by atoms with Gasteiger partial charge in [-0.25, -0.2) is 0 Å². The fourth-order valence-corrected chi connectivity index (χ4v) is 3.32. The third-order valence-electron chi connectivity index (χ3n) is 4.38. The zero-order valence-corrected chi connectivity index (χ0v) is 12.4. The molecule has 4 nitrogen and oxygen atoms in total. The summed E-state index contributed by atoms with van der Waals surface area (Å²) in [4.78, 5) is 14.5. The van der Waals surface area contributed by atoms with Gasteiger partial charge in [0, 0.05) is 6.54 Å². The van der Waals surface area contributed by atoms with Crippen molar-refractivity contribution >= 4 is 5.91 Å². The molecule has 0 aromatic heterocycles. The molecule has 4 heteroatoms. The van der Waals surface area contributed by atoms with Crippen LogP contribution < -0.4 is 4.74 Å². The van der Waals surface area contributed by atoms with Crippen molar-refractivity contribution in [2.75, 3.05) is 19.8 Å². The number of nitrogens with zero attached hydrogens (tertiary/aromatic N) is 1. The molecule has 1 saturated carbocycles. The number of rotatable bonds is 4. The van der Waals surface area contributed by atoms with Crippen LogP contribution in [0.2, 0.25) is 0 Å². The lowest BCUT2D eigenvalue weighted by molar-refractivity contribution is -0.150. The zero-order valence-electron chi connectivity index (χ0n) is 12.4. The van der Waals surface area contributed by atoms with Gasteiger partial charge in [0.1, 0.15) is 5.75 Å². The Morgan fingerprint density at radius 1 is 1.24 bits per heavy atom. The molecule has 2 aliphatic rings. The minimum Gasteiger partial charge on any atom is -0.493 e. The summed E-state index contributed by atoms with van der Waals surface area (Å²) >= 11 is 0. The number of carbonyl (C=O) groups excluding carboxylic acids is 1. The highest BCUT2D eigenvalue weighted by atomic mass is 16.5. The van der Waals surface area contributed by atoms with Gasteiger partial charge < -0.3 is 14.4 Å². The first-order valence-electron chi connectivity index (χ1n) is 7.93. The quantitative estimate of drug-likeness (QED) is 0.855. The number of benzene rings is 1. The molecule has 1 saturated heterocycles. The van der Waals surface area contributed by atoms with E-state index in [-0.39, 0.29) is 18.1 Å². The number of hydrogen-bond acceptors (Lipinski definition) is 3. The molecule has 0 N–H and O–H groups in total. The Kier molecular flexibility index (Phi) is 4.76. The molecule has 1 amide bonds. The highest BCUT2D eigenvalue weighted by molar-refractivity contribution is 5.76. The number of amides is 1. The van der Waals surface area contributed by atoms with E-state index in [9.17, 15) is 4.79 Å². The molecule has 1 aliphatic heterocycles. The number of hydrogen-bond donors (Lipinski definition) is 0. The molecular weight excluding hydrogens is 266 g/mol. The monoisotopic (exact) mass is 289 g/mol. The number of fused-ring (bicyclic) bond motifs is 1. The predicted octanol–water partition coefficient (Wildman–Crippen LogP) is 2.63. The van der Waals surface area contributed by atoms with Gasteiger partial charge in [0.05, 0.1) is 31.8 Å². The SMILES string of the molecule is O=C(CCOc1ccccc1)N1CCO[C@H]2CCCC[C@H]21. The van der Waals surface area contributed by atoms with Crippen LogP contribution in [0.1, 0.15) is 32.1 Å². The normalized spacial score (nSPS) is 25.2. The smallest absolute Gasteiger partial charge is 0.226 e. The number of para-hydroxylation sites is 1. The van der Waals surface area contributed by atoms with Crippen LogP contribution in [-0.4, -0.2) is 42.7 Å². The average Bonchev–Trinajstić information content (AvgIpc) is 2.55. The molecule has 1 heterocycles. The van der Waals surface area contributed by atoms with Crippen molar-refractivity contribution in [2.24, 2.45) is 0 Å². The fraction of sp³-hybridized carbons (Fsp3) is 0.588. The fourth-order valence-electron chi connectivity index (χ4n) is 3.32. The van der Waals surface area contributed by atoms with Gasteiger partial charge >= 0.3 is 0 Å². The lowest BCUT2D eigenvalue weighted by Crippen LogP contribution is -2.55. The standard InChI is InChI=1S/C17H23NO3/c19-17(10-12-20-14-6-2-1-3-7-14)18-11-13-21-16-9-5-4-8-15(16)18/h1-3,6-7,15-16H,4-5,8-13H2/t15-,16+/m1/s1. The van der Waals surface area contributed by atoms with Crippen molar-refractivity contribution in [2.45, 2.75) is 44.2 Å². The lowest BCUT2D eigenvalue weighted by Gasteiger charge is -2.43. The number of carbonyl (C=O) groups is 1. The van der Waals surface area contributed by atoms with Crippen LogP contribution in [0.15, 0.2) is 30.3 Å². The maximum atomic E-state index is 12.4. The van der Waals surface area contributed by atoms with E-state index >= 15 is 0 Å². The summed E-state index contributed by atoms with van der Waals surface area (Å²) in [6.07, 6.45) is 5.30. The second kappa shape index (κ2) is 6.94. The molecule has 0 bridgehead atoms. The van der Waals surface area contributed by atoms with E-state index in [0.717, 1.165) is 25.1 Å². The van der Waals surface area contributed by atoms with E-state index in [1.54, 1.807) is 0 Å². The third kappa shape index (κ3) is 3.56. The summed E-state index contributed by atoms with van der Waals surface area (Å²) in [7, 11) is 0. The predicted molar refractivity (Wildman–Crippen MR) is 80.3 cm³/mol. The first-order valence-corrected chi connectivity index (χ1v) is 7.93. The molecule has 0 radical (unpaired) electrons. The molecular formula is C17H23NO3. The van der Waals surface area contributed by atoms with Gasteiger partial charge in [0.25, 0.3) is 0 Å². The number of ether oxygens (including phenoxy) is 2. The average molecular weight is 289 g/mol. The molecule has 1 aliphatic carbocycles. The van der Waals surface area contributed by atoms with E-state index in [0.29, 0.717) is 19.6 Å². The van der Waals surface area contributed by atoms with Gasteiger partial charge in [0.15, 0.2) is 0 Å². The van der Waals surface area contributed by atoms with E-state index in [1.165, 1.54) is 12.8 Å². The second-order valence-electron chi connectivity index (χ2n) is 5.76. The van der Waals surface area contributed by atoms with Crippen LogP contribution >= 0.6 is 0 Å². The second-order valence-corrected chi connectivity index (χ2v) is 5.76. The Hall–Kier alpha value is -1.55. The molecule has 3 rings (SSSR count). The highest BCUT2D eigenvalue weighted by Gasteiger charge is 2.36. The van der Waals surface area contributed by atoms with Crippen LogP contribution in [0.3, 0.4) is 0 Å². The van der Waals surface area contributed by atoms with Crippen LogP contribution in [0.5, 0.6) is 5.75 Å². The highest BCUT2D eigenvalue weighted by Crippen LogP contribution is 2.28. The van der Waals surface area contributed by atoms with Crippen molar-refractivity contribution in [3.8, 4) is 5.75 Å². The van der Waals surface area contributed by atoms with E-state index in [2.05, 4.69) is 0 Å². The largest absolute Gasteiger partial charge is 0.493 e. The number of morpholine rings is 1. The van der Waals surface area contributed by atoms with E-state index < -0.39 is 0 Å².